The van der Waals surface area contributed by atoms with Gasteiger partial charge < -0.3 is 10.2 Å². The van der Waals surface area contributed by atoms with E-state index in [9.17, 15) is 4.39 Å². The van der Waals surface area contributed by atoms with E-state index in [1.165, 1.54) is 17.4 Å². The van der Waals surface area contributed by atoms with Gasteiger partial charge in [0.1, 0.15) is 5.82 Å². The zero-order valence-corrected chi connectivity index (χ0v) is 13.8. The van der Waals surface area contributed by atoms with Gasteiger partial charge in [-0.2, -0.15) is 0 Å². The molecule has 0 amide bonds. The van der Waals surface area contributed by atoms with Crippen molar-refractivity contribution in [3.63, 3.8) is 0 Å². The molecule has 0 unspecified atom stereocenters. The fraction of sp³-hybridized carbons (Fsp3) is 0.385. The highest BCUT2D eigenvalue weighted by molar-refractivity contribution is 9.10. The average Bonchev–Trinajstić information content (AvgIpc) is 2.90. The highest BCUT2D eigenvalue weighted by Crippen LogP contribution is 2.30. The van der Waals surface area contributed by atoms with Gasteiger partial charge in [-0.05, 0) is 31.8 Å². The van der Waals surface area contributed by atoms with Crippen LogP contribution in [0.4, 0.5) is 9.52 Å². The van der Waals surface area contributed by atoms with Crippen LogP contribution in [0.15, 0.2) is 22.7 Å². The normalized spacial score (nSPS) is 11.1. The molecule has 0 fully saturated rings. The van der Waals surface area contributed by atoms with Crippen molar-refractivity contribution in [1.29, 1.82) is 0 Å². The summed E-state index contributed by atoms with van der Waals surface area (Å²) in [6, 6.07) is 4.80. The lowest BCUT2D eigenvalue weighted by Crippen LogP contribution is -2.24. The minimum Gasteiger partial charge on any atom is -0.359 e. The molecule has 0 bridgehead atoms. The van der Waals surface area contributed by atoms with Crippen molar-refractivity contribution in [2.75, 3.05) is 32.0 Å². The summed E-state index contributed by atoms with van der Waals surface area (Å²) in [4.78, 5) is 2.20. The second-order valence-corrected chi connectivity index (χ2v) is 6.25. The Balaban J connectivity index is 2.03. The first-order valence-electron chi connectivity index (χ1n) is 6.31. The molecule has 7 heteroatoms. The second kappa shape index (κ2) is 7.10. The number of hydrogen-bond donors (Lipinski definition) is 1. The Morgan fingerprint density at radius 1 is 1.40 bits per heavy atom. The van der Waals surface area contributed by atoms with E-state index in [1.54, 1.807) is 12.1 Å². The van der Waals surface area contributed by atoms with Crippen molar-refractivity contribution >= 4 is 32.4 Å². The van der Waals surface area contributed by atoms with Gasteiger partial charge in [0.25, 0.3) is 0 Å². The Morgan fingerprint density at radius 3 is 2.95 bits per heavy atom. The summed E-state index contributed by atoms with van der Waals surface area (Å²) < 4.78 is 14.6. The first-order valence-corrected chi connectivity index (χ1v) is 7.92. The lowest BCUT2D eigenvalue weighted by Gasteiger charge is -2.13. The molecule has 20 heavy (non-hydrogen) atoms. The summed E-state index contributed by atoms with van der Waals surface area (Å²) in [5, 5.41) is 12.6. The van der Waals surface area contributed by atoms with Crippen LogP contribution in [0, 0.1) is 5.82 Å². The molecule has 1 heterocycles. The second-order valence-electron chi connectivity index (χ2n) is 4.36. The number of rotatable bonds is 6. The Morgan fingerprint density at radius 2 is 2.20 bits per heavy atom. The molecule has 0 aliphatic rings. The summed E-state index contributed by atoms with van der Waals surface area (Å²) in [5.74, 6) is -0.290. The average molecular weight is 359 g/mol. The van der Waals surface area contributed by atoms with Crippen LogP contribution >= 0.6 is 27.3 Å². The van der Waals surface area contributed by atoms with Gasteiger partial charge in [-0.3, -0.25) is 0 Å². The summed E-state index contributed by atoms with van der Waals surface area (Å²) >= 11 is 4.69. The first-order chi connectivity index (χ1) is 9.60. The summed E-state index contributed by atoms with van der Waals surface area (Å²) in [7, 11) is 2.06. The number of aromatic nitrogens is 2. The Labute approximate surface area is 130 Å². The number of benzene rings is 1. The fourth-order valence-corrected chi connectivity index (χ4v) is 2.72. The van der Waals surface area contributed by atoms with Gasteiger partial charge in [0.15, 0.2) is 5.01 Å². The van der Waals surface area contributed by atoms with Crippen LogP contribution in [0.2, 0.25) is 0 Å². The van der Waals surface area contributed by atoms with Gasteiger partial charge >= 0.3 is 0 Å². The van der Waals surface area contributed by atoms with E-state index in [0.29, 0.717) is 15.7 Å². The summed E-state index contributed by atoms with van der Waals surface area (Å²) in [6.07, 6.45) is 0. The highest BCUT2D eigenvalue weighted by Gasteiger charge is 2.11. The van der Waals surface area contributed by atoms with Crippen LogP contribution < -0.4 is 5.32 Å². The molecule has 1 aromatic carbocycles. The maximum atomic E-state index is 13.8. The lowest BCUT2D eigenvalue weighted by molar-refractivity contribution is 0.367. The van der Waals surface area contributed by atoms with Gasteiger partial charge in [-0.25, -0.2) is 4.39 Å². The van der Waals surface area contributed by atoms with Gasteiger partial charge in [0.2, 0.25) is 5.13 Å². The minimum absolute atomic E-state index is 0.290. The first kappa shape index (κ1) is 15.3. The van der Waals surface area contributed by atoms with Crippen LogP contribution in [-0.4, -0.2) is 41.8 Å². The van der Waals surface area contributed by atoms with Crippen molar-refractivity contribution in [1.82, 2.24) is 15.1 Å². The van der Waals surface area contributed by atoms with Crippen molar-refractivity contribution < 1.29 is 4.39 Å². The molecule has 1 N–H and O–H groups in total. The number of nitrogens with one attached hydrogen (secondary N) is 1. The lowest BCUT2D eigenvalue weighted by atomic mass is 10.2. The molecule has 2 rings (SSSR count). The molecule has 2 aromatic rings. The summed E-state index contributed by atoms with van der Waals surface area (Å²) in [5.41, 5.74) is 0.468. The number of nitrogens with zero attached hydrogens (tertiary/aromatic N) is 3. The molecule has 0 atom stereocenters. The molecule has 0 aliphatic heterocycles. The maximum Gasteiger partial charge on any atom is 0.206 e. The molecule has 0 spiro atoms. The zero-order valence-electron chi connectivity index (χ0n) is 11.4. The van der Waals surface area contributed by atoms with Gasteiger partial charge in [-0.1, -0.05) is 34.2 Å². The number of hydrogen-bond acceptors (Lipinski definition) is 5. The Bertz CT molecular complexity index is 575. The smallest absolute Gasteiger partial charge is 0.206 e. The maximum absolute atomic E-state index is 13.8. The predicted molar refractivity (Wildman–Crippen MR) is 84.7 cm³/mol. The van der Waals surface area contributed by atoms with Crippen molar-refractivity contribution in [2.24, 2.45) is 0 Å². The van der Waals surface area contributed by atoms with Crippen LogP contribution in [0.5, 0.6) is 0 Å². The molecule has 4 nitrogen and oxygen atoms in total. The predicted octanol–water partition coefficient (Wildman–Crippen LogP) is 3.47. The third-order valence-electron chi connectivity index (χ3n) is 2.89. The molecule has 108 valence electrons. The van der Waals surface area contributed by atoms with E-state index in [2.05, 4.69) is 50.3 Å². The fourth-order valence-electron chi connectivity index (χ4n) is 1.58. The largest absolute Gasteiger partial charge is 0.359 e. The molecule has 1 aromatic heterocycles. The topological polar surface area (TPSA) is 41.0 Å². The van der Waals surface area contributed by atoms with Crippen LogP contribution in [0.25, 0.3) is 10.6 Å². The zero-order chi connectivity index (χ0) is 14.5. The van der Waals surface area contributed by atoms with Crippen LogP contribution in [-0.2, 0) is 0 Å². The van der Waals surface area contributed by atoms with E-state index in [4.69, 9.17) is 0 Å². The molecule has 0 saturated carbocycles. The molecule has 0 aliphatic carbocycles. The van der Waals surface area contributed by atoms with Crippen LogP contribution in [0.1, 0.15) is 6.92 Å². The standard InChI is InChI=1S/C13H16BrFN4S/c1-3-19(2)7-6-16-13-18-17-12(20-13)10-8-9(14)4-5-11(10)15/h4-5,8H,3,6-7H2,1-2H3,(H,16,18). The van der Waals surface area contributed by atoms with Gasteiger partial charge in [0, 0.05) is 23.1 Å². The van der Waals surface area contributed by atoms with E-state index in [0.717, 1.165) is 24.1 Å². The van der Waals surface area contributed by atoms with Gasteiger partial charge in [0.05, 0.1) is 0 Å². The highest BCUT2D eigenvalue weighted by atomic mass is 79.9. The van der Waals surface area contributed by atoms with Crippen molar-refractivity contribution in [2.45, 2.75) is 6.92 Å². The molecule has 0 saturated heterocycles. The monoisotopic (exact) mass is 358 g/mol. The number of anilines is 1. The number of halogens is 2. The third kappa shape index (κ3) is 3.97. The van der Waals surface area contributed by atoms with E-state index in [-0.39, 0.29) is 5.82 Å². The van der Waals surface area contributed by atoms with E-state index >= 15 is 0 Å². The van der Waals surface area contributed by atoms with E-state index in [1.807, 2.05) is 0 Å². The Hall–Kier alpha value is -1.05. The quantitative estimate of drug-likeness (QED) is 0.858. The molecular formula is C13H16BrFN4S. The van der Waals surface area contributed by atoms with Crippen molar-refractivity contribution in [3.05, 3.63) is 28.5 Å². The SMILES string of the molecule is CCN(C)CCNc1nnc(-c2cc(Br)ccc2F)s1. The Kier molecular flexibility index (Phi) is 5.45. The number of likely N-dealkylation sites (N-methyl/N-ethyl adjacent to an activating group) is 1. The van der Waals surface area contributed by atoms with Gasteiger partial charge in [-0.15, -0.1) is 10.2 Å². The third-order valence-corrected chi connectivity index (χ3v) is 4.30. The van der Waals surface area contributed by atoms with Crippen LogP contribution in [0.3, 0.4) is 0 Å². The summed E-state index contributed by atoms with van der Waals surface area (Å²) in [6.45, 7) is 4.84. The molecular weight excluding hydrogens is 343 g/mol. The minimum atomic E-state index is -0.290. The van der Waals surface area contributed by atoms with E-state index < -0.39 is 0 Å². The molecule has 0 radical (unpaired) electrons. The van der Waals surface area contributed by atoms with Crippen molar-refractivity contribution in [3.8, 4) is 10.6 Å².